The Hall–Kier alpha value is -2.55. The molecule has 1 aromatic heterocycles. The highest BCUT2D eigenvalue weighted by Crippen LogP contribution is 2.37. The van der Waals surface area contributed by atoms with Crippen molar-refractivity contribution in [1.82, 2.24) is 15.1 Å². The fourth-order valence-corrected chi connectivity index (χ4v) is 3.77. The van der Waals surface area contributed by atoms with Crippen LogP contribution >= 0.6 is 11.3 Å². The zero-order valence-corrected chi connectivity index (χ0v) is 15.7. The number of likely N-dealkylation sites (tertiary alicyclic amines) is 1. The summed E-state index contributed by atoms with van der Waals surface area (Å²) < 4.78 is 5.48. The number of benzene rings is 1. The Kier molecular flexibility index (Phi) is 4.90. The van der Waals surface area contributed by atoms with Gasteiger partial charge in [-0.1, -0.05) is 11.3 Å². The molecule has 2 aromatic rings. The number of hydrogen-bond donors (Lipinski definition) is 0. The van der Waals surface area contributed by atoms with Gasteiger partial charge < -0.3 is 4.74 Å². The number of rotatable bonds is 3. The van der Waals surface area contributed by atoms with E-state index in [0.29, 0.717) is 11.6 Å². The third-order valence-corrected chi connectivity index (χ3v) is 5.01. The maximum Gasteiger partial charge on any atom is 0.410 e. The van der Waals surface area contributed by atoms with Crippen molar-refractivity contribution in [3.8, 4) is 10.6 Å². The van der Waals surface area contributed by atoms with E-state index in [4.69, 9.17) is 4.74 Å². The molecule has 8 nitrogen and oxygen atoms in total. The molecule has 1 fully saturated rings. The van der Waals surface area contributed by atoms with Crippen LogP contribution in [0.1, 0.15) is 44.7 Å². The van der Waals surface area contributed by atoms with E-state index in [1.54, 1.807) is 17.0 Å². The lowest BCUT2D eigenvalue weighted by Crippen LogP contribution is -2.36. The van der Waals surface area contributed by atoms with Crippen molar-refractivity contribution in [1.29, 1.82) is 0 Å². The van der Waals surface area contributed by atoms with Gasteiger partial charge >= 0.3 is 6.09 Å². The molecular weight excluding hydrogens is 356 g/mol. The number of non-ortho nitro benzene ring substituents is 1. The molecule has 0 N–H and O–H groups in total. The van der Waals surface area contributed by atoms with Crippen LogP contribution in [0.5, 0.6) is 0 Å². The SMILES string of the molecule is CC(C)(C)OC(=O)N1CCCC1c1nnc(-c2ccc([N+](=O)[O-])cc2)s1. The first-order valence-corrected chi connectivity index (χ1v) is 9.14. The first-order valence-electron chi connectivity index (χ1n) is 8.32. The summed E-state index contributed by atoms with van der Waals surface area (Å²) in [5.74, 6) is 0. The number of amides is 1. The lowest BCUT2D eigenvalue weighted by atomic mass is 10.2. The molecule has 138 valence electrons. The van der Waals surface area contributed by atoms with Crippen LogP contribution in [0, 0.1) is 10.1 Å². The summed E-state index contributed by atoms with van der Waals surface area (Å²) in [6.07, 6.45) is 1.36. The smallest absolute Gasteiger partial charge is 0.410 e. The zero-order chi connectivity index (χ0) is 18.9. The minimum Gasteiger partial charge on any atom is -0.444 e. The first kappa shape index (κ1) is 18.2. The number of ether oxygens (including phenoxy) is 1. The summed E-state index contributed by atoms with van der Waals surface area (Å²) in [6, 6.07) is 6.05. The number of aromatic nitrogens is 2. The molecule has 1 atom stereocenters. The Balaban J connectivity index is 1.78. The van der Waals surface area contributed by atoms with Crippen LogP contribution in [0.4, 0.5) is 10.5 Å². The summed E-state index contributed by atoms with van der Waals surface area (Å²) >= 11 is 1.40. The molecule has 9 heteroatoms. The highest BCUT2D eigenvalue weighted by molar-refractivity contribution is 7.14. The Bertz CT molecular complexity index is 813. The minimum absolute atomic E-state index is 0.0328. The van der Waals surface area contributed by atoms with Gasteiger partial charge in [-0.2, -0.15) is 0 Å². The number of nitro groups is 1. The molecule has 1 unspecified atom stereocenters. The molecule has 1 saturated heterocycles. The topological polar surface area (TPSA) is 98.5 Å². The van der Waals surface area contributed by atoms with Gasteiger partial charge in [0, 0.05) is 24.2 Å². The second-order valence-corrected chi connectivity index (χ2v) is 8.09. The quantitative estimate of drug-likeness (QED) is 0.588. The monoisotopic (exact) mass is 376 g/mol. The molecule has 2 heterocycles. The Morgan fingerprint density at radius 1 is 1.31 bits per heavy atom. The molecular formula is C17H20N4O4S. The van der Waals surface area contributed by atoms with E-state index in [9.17, 15) is 14.9 Å². The van der Waals surface area contributed by atoms with E-state index in [0.717, 1.165) is 23.4 Å². The molecule has 0 spiro atoms. The Morgan fingerprint density at radius 3 is 2.62 bits per heavy atom. The first-order chi connectivity index (χ1) is 12.2. The van der Waals surface area contributed by atoms with Gasteiger partial charge in [-0.05, 0) is 45.7 Å². The molecule has 1 aliphatic rings. The van der Waals surface area contributed by atoms with Crippen LogP contribution in [0.2, 0.25) is 0 Å². The van der Waals surface area contributed by atoms with Gasteiger partial charge in [0.2, 0.25) is 0 Å². The van der Waals surface area contributed by atoms with Crippen molar-refractivity contribution < 1.29 is 14.5 Å². The predicted octanol–water partition coefficient (Wildman–Crippen LogP) is 4.19. The fraction of sp³-hybridized carbons (Fsp3) is 0.471. The van der Waals surface area contributed by atoms with Crippen LogP contribution in [-0.4, -0.2) is 38.3 Å². The summed E-state index contributed by atoms with van der Waals surface area (Å²) in [7, 11) is 0. The fourth-order valence-electron chi connectivity index (χ4n) is 2.77. The average Bonchev–Trinajstić information content (AvgIpc) is 3.22. The van der Waals surface area contributed by atoms with E-state index in [-0.39, 0.29) is 17.8 Å². The molecule has 3 rings (SSSR count). The molecule has 0 radical (unpaired) electrons. The summed E-state index contributed by atoms with van der Waals surface area (Å²) in [5, 5.41) is 20.6. The van der Waals surface area contributed by atoms with Crippen LogP contribution in [-0.2, 0) is 4.74 Å². The summed E-state index contributed by atoms with van der Waals surface area (Å²) in [6.45, 7) is 6.15. The van der Waals surface area contributed by atoms with E-state index >= 15 is 0 Å². The van der Waals surface area contributed by atoms with Crippen molar-refractivity contribution in [2.75, 3.05) is 6.54 Å². The highest BCUT2D eigenvalue weighted by atomic mass is 32.1. The third-order valence-electron chi connectivity index (χ3n) is 3.93. The molecule has 0 bridgehead atoms. The second kappa shape index (κ2) is 6.99. The van der Waals surface area contributed by atoms with Crippen molar-refractivity contribution in [2.45, 2.75) is 45.3 Å². The lowest BCUT2D eigenvalue weighted by Gasteiger charge is -2.27. The second-order valence-electron chi connectivity index (χ2n) is 7.08. The lowest BCUT2D eigenvalue weighted by molar-refractivity contribution is -0.384. The minimum atomic E-state index is -0.546. The van der Waals surface area contributed by atoms with Crippen LogP contribution in [0.25, 0.3) is 10.6 Å². The normalized spacial score (nSPS) is 17.3. The zero-order valence-electron chi connectivity index (χ0n) is 14.8. The molecule has 0 aliphatic carbocycles. The number of hydrogen-bond acceptors (Lipinski definition) is 7. The van der Waals surface area contributed by atoms with Gasteiger partial charge in [-0.15, -0.1) is 10.2 Å². The third kappa shape index (κ3) is 3.98. The van der Waals surface area contributed by atoms with Crippen molar-refractivity contribution in [2.24, 2.45) is 0 Å². The van der Waals surface area contributed by atoms with Crippen LogP contribution in [0.3, 0.4) is 0 Å². The van der Waals surface area contributed by atoms with Crippen molar-refractivity contribution in [3.63, 3.8) is 0 Å². The van der Waals surface area contributed by atoms with E-state index < -0.39 is 10.5 Å². The van der Waals surface area contributed by atoms with Crippen molar-refractivity contribution in [3.05, 3.63) is 39.4 Å². The predicted molar refractivity (Wildman–Crippen MR) is 96.9 cm³/mol. The van der Waals surface area contributed by atoms with E-state index in [1.165, 1.54) is 23.5 Å². The van der Waals surface area contributed by atoms with Gasteiger partial charge in [0.15, 0.2) is 0 Å². The highest BCUT2D eigenvalue weighted by Gasteiger charge is 2.35. The number of carbonyl (C=O) groups is 1. The number of nitrogens with zero attached hydrogens (tertiary/aromatic N) is 4. The number of nitro benzene ring substituents is 1. The van der Waals surface area contributed by atoms with Crippen LogP contribution in [0.15, 0.2) is 24.3 Å². The Morgan fingerprint density at radius 2 is 2.00 bits per heavy atom. The van der Waals surface area contributed by atoms with Crippen LogP contribution < -0.4 is 0 Å². The summed E-state index contributed by atoms with van der Waals surface area (Å²) in [5.41, 5.74) is 0.251. The van der Waals surface area contributed by atoms with Crippen molar-refractivity contribution >= 4 is 23.1 Å². The number of carbonyl (C=O) groups excluding carboxylic acids is 1. The van der Waals surface area contributed by atoms with Gasteiger partial charge in [0.1, 0.15) is 15.6 Å². The average molecular weight is 376 g/mol. The Labute approximate surface area is 155 Å². The largest absolute Gasteiger partial charge is 0.444 e. The standard InChI is InChI=1S/C17H20N4O4S/c1-17(2,3)25-16(22)20-10-4-5-13(20)15-19-18-14(26-15)11-6-8-12(9-7-11)21(23)24/h6-9,13H,4-5,10H2,1-3H3. The summed E-state index contributed by atoms with van der Waals surface area (Å²) in [4.78, 5) is 24.4. The molecule has 1 aromatic carbocycles. The van der Waals surface area contributed by atoms with Gasteiger partial charge in [0.05, 0.1) is 11.0 Å². The molecule has 1 aliphatic heterocycles. The molecule has 0 saturated carbocycles. The van der Waals surface area contributed by atoms with E-state index in [1.807, 2.05) is 20.8 Å². The van der Waals surface area contributed by atoms with E-state index in [2.05, 4.69) is 10.2 Å². The van der Waals surface area contributed by atoms with Gasteiger partial charge in [0.25, 0.3) is 5.69 Å². The maximum atomic E-state index is 12.4. The molecule has 26 heavy (non-hydrogen) atoms. The van der Waals surface area contributed by atoms with Gasteiger partial charge in [-0.25, -0.2) is 4.79 Å². The van der Waals surface area contributed by atoms with Gasteiger partial charge in [-0.3, -0.25) is 15.0 Å². The maximum absolute atomic E-state index is 12.4. The molecule has 1 amide bonds.